The summed E-state index contributed by atoms with van der Waals surface area (Å²) in [4.78, 5) is 28.4. The van der Waals surface area contributed by atoms with Gasteiger partial charge in [-0.2, -0.15) is 0 Å². The molecule has 10 heteroatoms. The van der Waals surface area contributed by atoms with Crippen molar-refractivity contribution in [3.05, 3.63) is 26.9 Å². The number of nitrogens with one attached hydrogen (secondary N) is 1. The maximum absolute atomic E-state index is 12.0. The number of hydrogen-bond acceptors (Lipinski definition) is 8. The summed E-state index contributed by atoms with van der Waals surface area (Å²) in [6, 6.07) is 1.05. The third-order valence-electron chi connectivity index (χ3n) is 4.07. The van der Waals surface area contributed by atoms with E-state index in [1.54, 1.807) is 13.0 Å². The summed E-state index contributed by atoms with van der Waals surface area (Å²) in [7, 11) is 1.33. The molecule has 2 heterocycles. The molecular formula is C15H21BrN4O5. The van der Waals surface area contributed by atoms with Crippen LogP contribution in [0.25, 0.3) is 0 Å². The number of nitrogens with zero attached hydrogens (tertiary/aromatic N) is 3. The molecule has 0 bridgehead atoms. The second kappa shape index (κ2) is 8.07. The highest BCUT2D eigenvalue weighted by atomic mass is 79.9. The summed E-state index contributed by atoms with van der Waals surface area (Å²) >= 11 is 3.27. The maximum atomic E-state index is 12.0. The number of halogens is 1. The van der Waals surface area contributed by atoms with E-state index in [-0.39, 0.29) is 29.7 Å². The highest BCUT2D eigenvalue weighted by Crippen LogP contribution is 2.29. The number of methoxy groups -OCH3 is 1. The van der Waals surface area contributed by atoms with Crippen molar-refractivity contribution < 1.29 is 19.2 Å². The molecule has 138 valence electrons. The van der Waals surface area contributed by atoms with E-state index >= 15 is 0 Å². The number of pyridine rings is 1. The van der Waals surface area contributed by atoms with E-state index in [2.05, 4.69) is 26.2 Å². The molecule has 0 spiro atoms. The van der Waals surface area contributed by atoms with Gasteiger partial charge in [0.05, 0.1) is 23.8 Å². The Labute approximate surface area is 154 Å². The van der Waals surface area contributed by atoms with Crippen LogP contribution in [0.15, 0.2) is 16.7 Å². The summed E-state index contributed by atoms with van der Waals surface area (Å²) in [5, 5.41) is 14.4. The third-order valence-corrected chi connectivity index (χ3v) is 4.50. The normalized spacial score (nSPS) is 25.2. The Morgan fingerprint density at radius 3 is 2.88 bits per heavy atom. The van der Waals surface area contributed by atoms with Gasteiger partial charge in [-0.05, 0) is 52.7 Å². The second-order valence-corrected chi connectivity index (χ2v) is 6.83. The van der Waals surface area contributed by atoms with Gasteiger partial charge in [-0.1, -0.05) is 0 Å². The number of nitro groups is 1. The minimum absolute atomic E-state index is 0.0872. The summed E-state index contributed by atoms with van der Waals surface area (Å²) in [5.41, 5.74) is 0.247. The van der Waals surface area contributed by atoms with E-state index in [4.69, 9.17) is 9.47 Å². The molecule has 1 saturated heterocycles. The number of hydrogen-bond donors (Lipinski definition) is 1. The lowest BCUT2D eigenvalue weighted by atomic mass is 10.1. The van der Waals surface area contributed by atoms with E-state index < -0.39 is 17.1 Å². The van der Waals surface area contributed by atoms with Gasteiger partial charge in [-0.15, -0.1) is 0 Å². The van der Waals surface area contributed by atoms with Crippen molar-refractivity contribution in [2.75, 3.05) is 19.0 Å². The van der Waals surface area contributed by atoms with Crippen LogP contribution < -0.4 is 5.32 Å². The molecule has 2 unspecified atom stereocenters. The Morgan fingerprint density at radius 2 is 2.28 bits per heavy atom. The average molecular weight is 417 g/mol. The van der Waals surface area contributed by atoms with Gasteiger partial charge in [0.25, 0.3) is 0 Å². The fourth-order valence-electron chi connectivity index (χ4n) is 2.91. The zero-order valence-corrected chi connectivity index (χ0v) is 16.0. The van der Waals surface area contributed by atoms with Gasteiger partial charge < -0.3 is 24.9 Å². The van der Waals surface area contributed by atoms with Crippen molar-refractivity contribution in [2.45, 2.75) is 45.2 Å². The number of morpholine rings is 1. The van der Waals surface area contributed by atoms with Crippen LogP contribution in [0, 0.1) is 10.1 Å². The summed E-state index contributed by atoms with van der Waals surface area (Å²) in [6.07, 6.45) is 0.506. The Balaban J connectivity index is 2.35. The molecule has 1 aliphatic heterocycles. The number of aromatic nitrogens is 1. The maximum Gasteiger partial charge on any atom is 0.387 e. The van der Waals surface area contributed by atoms with Gasteiger partial charge in [-0.3, -0.25) is 9.69 Å². The van der Waals surface area contributed by atoms with Crippen LogP contribution in [0.1, 0.15) is 20.8 Å². The molecule has 4 atom stereocenters. The molecule has 0 amide bonds. The van der Waals surface area contributed by atoms with Gasteiger partial charge >= 0.3 is 11.8 Å². The number of anilines is 1. The lowest BCUT2D eigenvalue weighted by Gasteiger charge is -2.45. The first-order chi connectivity index (χ1) is 11.7. The van der Waals surface area contributed by atoms with E-state index in [9.17, 15) is 14.9 Å². The van der Waals surface area contributed by atoms with Gasteiger partial charge in [0.15, 0.2) is 6.20 Å². The van der Waals surface area contributed by atoms with Crippen LogP contribution >= 0.6 is 15.9 Å². The first-order valence-electron chi connectivity index (χ1n) is 7.80. The fraction of sp³-hybridized carbons (Fsp3) is 0.600. The Hall–Kier alpha value is -1.78. The molecule has 0 aromatic carbocycles. The lowest BCUT2D eigenvalue weighted by Crippen LogP contribution is -2.61. The summed E-state index contributed by atoms with van der Waals surface area (Å²) in [5.74, 6) is -0.672. The van der Waals surface area contributed by atoms with Crippen LogP contribution in [0.3, 0.4) is 0 Å². The Kier molecular flexibility index (Phi) is 6.31. The van der Waals surface area contributed by atoms with Crippen LogP contribution in [-0.4, -0.2) is 58.8 Å². The van der Waals surface area contributed by atoms with Crippen molar-refractivity contribution in [1.82, 2.24) is 9.88 Å². The van der Waals surface area contributed by atoms with Crippen LogP contribution in [-0.2, 0) is 14.3 Å². The van der Waals surface area contributed by atoms with Crippen LogP contribution in [0.4, 0.5) is 11.5 Å². The second-order valence-electron chi connectivity index (χ2n) is 5.92. The molecule has 9 nitrogen and oxygen atoms in total. The molecule has 0 saturated carbocycles. The Morgan fingerprint density at radius 1 is 1.60 bits per heavy atom. The lowest BCUT2D eigenvalue weighted by molar-refractivity contribution is -0.388. The standard InChI is InChI=1S/C15H21BrN4O5/c1-8-7-19(9(2)15(21)24-4)13(10(3)25-8)18-12-5-11(16)6-17-14(12)20(22)23/h5-6,8-10,13,18H,7H2,1-4H3/t8-,9?,10+,13?/m1/s1. The zero-order valence-electron chi connectivity index (χ0n) is 14.4. The predicted molar refractivity (Wildman–Crippen MR) is 94.2 cm³/mol. The minimum Gasteiger partial charge on any atom is -0.468 e. The number of carbonyl (C=O) groups is 1. The first-order valence-corrected chi connectivity index (χ1v) is 8.59. The van der Waals surface area contributed by atoms with E-state index in [0.717, 1.165) is 0 Å². The van der Waals surface area contributed by atoms with Crippen molar-refractivity contribution in [2.24, 2.45) is 0 Å². The molecule has 1 fully saturated rings. The topological polar surface area (TPSA) is 107 Å². The molecule has 1 aliphatic rings. The van der Waals surface area contributed by atoms with Crippen molar-refractivity contribution >= 4 is 33.4 Å². The van der Waals surface area contributed by atoms with Crippen molar-refractivity contribution in [1.29, 1.82) is 0 Å². The number of esters is 1. The zero-order chi connectivity index (χ0) is 18.7. The highest BCUT2D eigenvalue weighted by Gasteiger charge is 2.39. The third kappa shape index (κ3) is 4.44. The molecule has 2 rings (SSSR count). The number of carbonyl (C=O) groups excluding carboxylic acids is 1. The predicted octanol–water partition coefficient (Wildman–Crippen LogP) is 2.16. The van der Waals surface area contributed by atoms with Gasteiger partial charge in [0, 0.05) is 6.54 Å². The van der Waals surface area contributed by atoms with Crippen LogP contribution in [0.2, 0.25) is 0 Å². The quantitative estimate of drug-likeness (QED) is 0.441. The fourth-order valence-corrected chi connectivity index (χ4v) is 3.24. The summed E-state index contributed by atoms with van der Waals surface area (Å²) in [6.45, 7) is 5.97. The average Bonchev–Trinajstić information content (AvgIpc) is 2.55. The molecule has 1 aromatic rings. The summed E-state index contributed by atoms with van der Waals surface area (Å²) < 4.78 is 11.3. The van der Waals surface area contributed by atoms with Gasteiger partial charge in [-0.25, -0.2) is 0 Å². The van der Waals surface area contributed by atoms with Gasteiger partial charge in [0.1, 0.15) is 17.9 Å². The van der Waals surface area contributed by atoms with E-state index in [1.165, 1.54) is 13.3 Å². The van der Waals surface area contributed by atoms with E-state index in [0.29, 0.717) is 11.0 Å². The molecule has 0 radical (unpaired) electrons. The van der Waals surface area contributed by atoms with Crippen molar-refractivity contribution in [3.8, 4) is 0 Å². The number of rotatable bonds is 5. The highest BCUT2D eigenvalue weighted by molar-refractivity contribution is 9.10. The Bertz CT molecular complexity index is 659. The number of ether oxygens (including phenoxy) is 2. The minimum atomic E-state index is -0.556. The molecule has 0 aliphatic carbocycles. The van der Waals surface area contributed by atoms with Crippen molar-refractivity contribution in [3.63, 3.8) is 0 Å². The first kappa shape index (κ1) is 19.5. The molecule has 1 aromatic heterocycles. The molecule has 25 heavy (non-hydrogen) atoms. The monoisotopic (exact) mass is 416 g/mol. The molecule has 1 N–H and O–H groups in total. The van der Waals surface area contributed by atoms with E-state index in [1.807, 2.05) is 18.7 Å². The largest absolute Gasteiger partial charge is 0.468 e. The smallest absolute Gasteiger partial charge is 0.387 e. The van der Waals surface area contributed by atoms with Gasteiger partial charge in [0.2, 0.25) is 0 Å². The molecular weight excluding hydrogens is 396 g/mol. The van der Waals surface area contributed by atoms with Crippen LogP contribution in [0.5, 0.6) is 0 Å². The SMILES string of the molecule is COC(=O)C(C)N1C[C@@H](C)O[C@@H](C)C1Nc1cc(Br)cnc1[N+](=O)[O-].